The minimum Gasteiger partial charge on any atom is -0.331 e. The number of aryl methyl sites for hydroxylation is 1. The van der Waals surface area contributed by atoms with Crippen molar-refractivity contribution < 1.29 is 0 Å². The van der Waals surface area contributed by atoms with Crippen LogP contribution in [0.25, 0.3) is 0 Å². The Balaban J connectivity index is 1.64. The molecule has 134 valence electrons. The average Bonchev–Trinajstić information content (AvgIpc) is 3.15. The van der Waals surface area contributed by atoms with Crippen LogP contribution in [0.3, 0.4) is 0 Å². The molecule has 4 heteroatoms. The summed E-state index contributed by atoms with van der Waals surface area (Å²) in [6.45, 7) is 2.07. The summed E-state index contributed by atoms with van der Waals surface area (Å²) >= 11 is 5.73. The maximum absolute atomic E-state index is 5.73. The summed E-state index contributed by atoms with van der Waals surface area (Å²) in [5, 5.41) is 10.8. The van der Waals surface area contributed by atoms with Crippen molar-refractivity contribution in [3.8, 4) is 0 Å². The zero-order valence-electron chi connectivity index (χ0n) is 15.2. The summed E-state index contributed by atoms with van der Waals surface area (Å²) in [5.41, 5.74) is 5.57. The fourth-order valence-corrected chi connectivity index (χ4v) is 3.63. The molecule has 0 spiro atoms. The minimum atomic E-state index is 0.0891. The number of rotatable bonds is 3. The van der Waals surface area contributed by atoms with Gasteiger partial charge in [0.1, 0.15) is 0 Å². The molecule has 1 aliphatic rings. The van der Waals surface area contributed by atoms with Gasteiger partial charge in [0.15, 0.2) is 5.11 Å². The lowest BCUT2D eigenvalue weighted by Crippen LogP contribution is -2.31. The van der Waals surface area contributed by atoms with Crippen LogP contribution in [0.5, 0.6) is 0 Å². The first kappa shape index (κ1) is 17.4. The molecule has 1 unspecified atom stereocenters. The third-order valence-corrected chi connectivity index (χ3v) is 4.97. The highest BCUT2D eigenvalue weighted by Gasteiger charge is 2.31. The van der Waals surface area contributed by atoms with Crippen LogP contribution in [0, 0.1) is 6.92 Å². The molecule has 1 atom stereocenters. The van der Waals surface area contributed by atoms with Crippen LogP contribution in [-0.2, 0) is 0 Å². The van der Waals surface area contributed by atoms with E-state index in [1.54, 1.807) is 0 Å². The molecule has 0 saturated carbocycles. The summed E-state index contributed by atoms with van der Waals surface area (Å²) in [7, 11) is 0. The Kier molecular flexibility index (Phi) is 4.99. The highest BCUT2D eigenvalue weighted by Crippen LogP contribution is 2.33. The van der Waals surface area contributed by atoms with E-state index in [4.69, 9.17) is 17.3 Å². The number of hydrazone groups is 1. The normalized spacial score (nSPS) is 16.1. The van der Waals surface area contributed by atoms with Gasteiger partial charge in [0.25, 0.3) is 0 Å². The number of hydrogen-bond acceptors (Lipinski definition) is 2. The third-order valence-electron chi connectivity index (χ3n) is 4.68. The first-order chi connectivity index (χ1) is 13.2. The van der Waals surface area contributed by atoms with Gasteiger partial charge in [0.05, 0.1) is 11.8 Å². The van der Waals surface area contributed by atoms with E-state index < -0.39 is 0 Å². The maximum Gasteiger partial charge on any atom is 0.194 e. The fourth-order valence-electron chi connectivity index (χ4n) is 3.34. The van der Waals surface area contributed by atoms with Crippen molar-refractivity contribution in [2.75, 3.05) is 5.32 Å². The van der Waals surface area contributed by atoms with E-state index in [1.807, 2.05) is 41.4 Å². The van der Waals surface area contributed by atoms with Gasteiger partial charge in [-0.1, -0.05) is 72.8 Å². The molecule has 4 rings (SSSR count). The molecule has 0 aliphatic carbocycles. The Bertz CT molecular complexity index is 967. The van der Waals surface area contributed by atoms with E-state index in [2.05, 4.69) is 60.8 Å². The molecule has 0 aromatic heterocycles. The van der Waals surface area contributed by atoms with E-state index in [0.717, 1.165) is 23.4 Å². The van der Waals surface area contributed by atoms with E-state index in [9.17, 15) is 0 Å². The van der Waals surface area contributed by atoms with Crippen LogP contribution in [0.1, 0.15) is 29.2 Å². The van der Waals surface area contributed by atoms with Gasteiger partial charge in [-0.2, -0.15) is 5.10 Å². The van der Waals surface area contributed by atoms with E-state index >= 15 is 0 Å². The number of thiocarbonyl (C=S) groups is 1. The second-order valence-electron chi connectivity index (χ2n) is 6.69. The molecule has 0 amide bonds. The van der Waals surface area contributed by atoms with Crippen LogP contribution in [0.2, 0.25) is 0 Å². The largest absolute Gasteiger partial charge is 0.331 e. The van der Waals surface area contributed by atoms with Crippen molar-refractivity contribution >= 4 is 28.7 Å². The molecule has 1 heterocycles. The molecule has 27 heavy (non-hydrogen) atoms. The van der Waals surface area contributed by atoms with Crippen LogP contribution >= 0.6 is 12.2 Å². The number of benzene rings is 3. The SMILES string of the molecule is Cc1cccc(NC(=S)N2N=C(c3ccccc3)CC2c2ccccc2)c1. The average molecular weight is 372 g/mol. The molecule has 3 aromatic rings. The molecular weight excluding hydrogens is 350 g/mol. The van der Waals surface area contributed by atoms with Gasteiger partial charge in [-0.05, 0) is 48.0 Å². The fraction of sp³-hybridized carbons (Fsp3) is 0.130. The molecule has 1 aliphatic heterocycles. The van der Waals surface area contributed by atoms with Crippen molar-refractivity contribution in [2.45, 2.75) is 19.4 Å². The Labute approximate surface area is 165 Å². The molecule has 0 saturated heterocycles. The van der Waals surface area contributed by atoms with Gasteiger partial charge in [-0.15, -0.1) is 0 Å². The van der Waals surface area contributed by atoms with Gasteiger partial charge < -0.3 is 5.32 Å². The Hall–Kier alpha value is -2.98. The van der Waals surface area contributed by atoms with Crippen molar-refractivity contribution in [3.63, 3.8) is 0 Å². The number of nitrogens with one attached hydrogen (secondary N) is 1. The lowest BCUT2D eigenvalue weighted by atomic mass is 9.99. The predicted molar refractivity (Wildman–Crippen MR) is 116 cm³/mol. The lowest BCUT2D eigenvalue weighted by Gasteiger charge is -2.25. The van der Waals surface area contributed by atoms with Crippen LogP contribution in [-0.4, -0.2) is 15.8 Å². The standard InChI is InChI=1S/C23H21N3S/c1-17-9-8-14-20(15-17)24-23(27)26-22(19-12-6-3-7-13-19)16-21(25-26)18-10-4-2-5-11-18/h2-15,22H,16H2,1H3,(H,24,27). The van der Waals surface area contributed by atoms with Crippen LogP contribution < -0.4 is 5.32 Å². The van der Waals surface area contributed by atoms with Gasteiger partial charge >= 0.3 is 0 Å². The van der Waals surface area contributed by atoms with Crippen molar-refractivity contribution in [2.24, 2.45) is 5.10 Å². The van der Waals surface area contributed by atoms with Gasteiger partial charge in [-0.3, -0.25) is 0 Å². The highest BCUT2D eigenvalue weighted by atomic mass is 32.1. The second kappa shape index (κ2) is 7.72. The highest BCUT2D eigenvalue weighted by molar-refractivity contribution is 7.80. The molecule has 0 fully saturated rings. The molecule has 1 N–H and O–H groups in total. The molecule has 3 nitrogen and oxygen atoms in total. The zero-order chi connectivity index (χ0) is 18.6. The minimum absolute atomic E-state index is 0.0891. The number of anilines is 1. The molecule has 3 aromatic carbocycles. The molecule has 0 radical (unpaired) electrons. The third kappa shape index (κ3) is 3.91. The Morgan fingerprint density at radius 1 is 0.963 bits per heavy atom. The van der Waals surface area contributed by atoms with E-state index in [1.165, 1.54) is 11.1 Å². The van der Waals surface area contributed by atoms with Crippen molar-refractivity contribution in [1.82, 2.24) is 5.01 Å². The molecular formula is C23H21N3S. The van der Waals surface area contributed by atoms with Gasteiger partial charge in [0.2, 0.25) is 0 Å². The topological polar surface area (TPSA) is 27.6 Å². The maximum atomic E-state index is 5.73. The van der Waals surface area contributed by atoms with E-state index in [-0.39, 0.29) is 6.04 Å². The van der Waals surface area contributed by atoms with Crippen molar-refractivity contribution in [3.05, 3.63) is 102 Å². The van der Waals surface area contributed by atoms with Crippen molar-refractivity contribution in [1.29, 1.82) is 0 Å². The van der Waals surface area contributed by atoms with Gasteiger partial charge in [0, 0.05) is 12.1 Å². The number of hydrogen-bond donors (Lipinski definition) is 1. The summed E-state index contributed by atoms with van der Waals surface area (Å²) < 4.78 is 0. The molecule has 0 bridgehead atoms. The quantitative estimate of drug-likeness (QED) is 0.612. The second-order valence-corrected chi connectivity index (χ2v) is 7.07. The zero-order valence-corrected chi connectivity index (χ0v) is 16.0. The number of nitrogens with zero attached hydrogens (tertiary/aromatic N) is 2. The summed E-state index contributed by atoms with van der Waals surface area (Å²) in [4.78, 5) is 0. The smallest absolute Gasteiger partial charge is 0.194 e. The summed E-state index contributed by atoms with van der Waals surface area (Å²) in [6.07, 6.45) is 0.823. The monoisotopic (exact) mass is 371 g/mol. The van der Waals surface area contributed by atoms with Crippen LogP contribution in [0.4, 0.5) is 5.69 Å². The first-order valence-electron chi connectivity index (χ1n) is 9.05. The van der Waals surface area contributed by atoms with Gasteiger partial charge in [-0.25, -0.2) is 5.01 Å². The Morgan fingerprint density at radius 3 is 2.37 bits per heavy atom. The van der Waals surface area contributed by atoms with Crippen LogP contribution in [0.15, 0.2) is 90.0 Å². The van der Waals surface area contributed by atoms with E-state index in [0.29, 0.717) is 5.11 Å². The predicted octanol–water partition coefficient (Wildman–Crippen LogP) is 5.54. The lowest BCUT2D eigenvalue weighted by molar-refractivity contribution is 0.375. The summed E-state index contributed by atoms with van der Waals surface area (Å²) in [5.74, 6) is 0. The Morgan fingerprint density at radius 2 is 1.67 bits per heavy atom. The summed E-state index contributed by atoms with van der Waals surface area (Å²) in [6, 6.07) is 29.0. The first-order valence-corrected chi connectivity index (χ1v) is 9.46.